The lowest BCUT2D eigenvalue weighted by Gasteiger charge is -2.23. The fraction of sp³-hybridized carbons (Fsp3) is 0.276. The van der Waals surface area contributed by atoms with E-state index in [1.165, 1.54) is 18.2 Å². The lowest BCUT2D eigenvalue weighted by molar-refractivity contribution is 0.0696. The molecule has 0 amide bonds. The van der Waals surface area contributed by atoms with Crippen LogP contribution in [-0.4, -0.2) is 42.1 Å². The van der Waals surface area contributed by atoms with E-state index in [1.54, 1.807) is 6.07 Å². The van der Waals surface area contributed by atoms with E-state index in [9.17, 15) is 18.3 Å². The Balaban J connectivity index is 1.77. The van der Waals surface area contributed by atoms with E-state index >= 15 is 0 Å². The van der Waals surface area contributed by atoms with Gasteiger partial charge in [0.1, 0.15) is 6.61 Å². The SMILES string of the molecule is Cc1ccc2ccccc2c1-c1cc(OCC(N)CC(C)(C)C)nc(NS(=O)(=O)c2cccc(C(=O)O)c2)n1. The van der Waals surface area contributed by atoms with Crippen molar-refractivity contribution in [2.75, 3.05) is 11.3 Å². The number of hydrogen-bond donors (Lipinski definition) is 3. The number of carbonyl (C=O) groups is 1. The summed E-state index contributed by atoms with van der Waals surface area (Å²) in [6.45, 7) is 8.39. The molecule has 1 atom stereocenters. The molecule has 10 heteroatoms. The molecule has 0 saturated carbocycles. The second kappa shape index (κ2) is 11.0. The molecule has 204 valence electrons. The van der Waals surface area contributed by atoms with Crippen LogP contribution in [0.3, 0.4) is 0 Å². The van der Waals surface area contributed by atoms with Crippen LogP contribution in [-0.2, 0) is 10.0 Å². The van der Waals surface area contributed by atoms with E-state index in [0.29, 0.717) is 12.1 Å². The van der Waals surface area contributed by atoms with Crippen LogP contribution in [0.5, 0.6) is 5.88 Å². The molecule has 0 spiro atoms. The Bertz CT molecular complexity index is 1630. The molecule has 0 aliphatic rings. The number of nitrogens with zero attached hydrogens (tertiary/aromatic N) is 2. The van der Waals surface area contributed by atoms with Crippen LogP contribution >= 0.6 is 0 Å². The molecule has 9 nitrogen and oxygen atoms in total. The Morgan fingerprint density at radius 3 is 2.51 bits per heavy atom. The average Bonchev–Trinajstić information content (AvgIpc) is 2.86. The summed E-state index contributed by atoms with van der Waals surface area (Å²) >= 11 is 0. The molecule has 0 aliphatic carbocycles. The van der Waals surface area contributed by atoms with E-state index < -0.39 is 16.0 Å². The molecule has 3 aromatic carbocycles. The van der Waals surface area contributed by atoms with Gasteiger partial charge in [-0.1, -0.05) is 63.2 Å². The van der Waals surface area contributed by atoms with Crippen LogP contribution in [0.1, 0.15) is 43.1 Å². The summed E-state index contributed by atoms with van der Waals surface area (Å²) in [5.74, 6) is -1.28. The number of nitrogens with two attached hydrogens (primary N) is 1. The normalized spacial score (nSPS) is 12.7. The highest BCUT2D eigenvalue weighted by Gasteiger charge is 2.21. The minimum absolute atomic E-state index is 0.00492. The zero-order chi connectivity index (χ0) is 28.4. The van der Waals surface area contributed by atoms with Crippen molar-refractivity contribution in [2.45, 2.75) is 45.1 Å². The second-order valence-electron chi connectivity index (χ2n) is 10.7. The number of ether oxygens (including phenoxy) is 1. The Labute approximate surface area is 228 Å². The number of rotatable bonds is 9. The predicted octanol–water partition coefficient (Wildman–Crippen LogP) is 5.25. The zero-order valence-electron chi connectivity index (χ0n) is 22.3. The fourth-order valence-corrected chi connectivity index (χ4v) is 5.40. The Kier molecular flexibility index (Phi) is 7.89. The fourth-order valence-electron chi connectivity index (χ4n) is 4.41. The molecule has 1 heterocycles. The Morgan fingerprint density at radius 2 is 1.79 bits per heavy atom. The van der Waals surface area contributed by atoms with Gasteiger partial charge in [0, 0.05) is 17.7 Å². The van der Waals surface area contributed by atoms with Crippen LogP contribution in [0.15, 0.2) is 71.6 Å². The van der Waals surface area contributed by atoms with Crippen molar-refractivity contribution in [2.24, 2.45) is 11.1 Å². The summed E-state index contributed by atoms with van der Waals surface area (Å²) < 4.78 is 34.7. The number of anilines is 1. The molecule has 39 heavy (non-hydrogen) atoms. The van der Waals surface area contributed by atoms with E-state index in [4.69, 9.17) is 10.5 Å². The summed E-state index contributed by atoms with van der Waals surface area (Å²) in [5.41, 5.74) is 8.35. The first-order valence-corrected chi connectivity index (χ1v) is 13.9. The van der Waals surface area contributed by atoms with Crippen molar-refractivity contribution < 1.29 is 23.1 Å². The lowest BCUT2D eigenvalue weighted by Crippen LogP contribution is -2.32. The molecule has 4 aromatic rings. The van der Waals surface area contributed by atoms with Crippen molar-refractivity contribution in [3.63, 3.8) is 0 Å². The maximum atomic E-state index is 13.2. The van der Waals surface area contributed by atoms with Gasteiger partial charge in [0.25, 0.3) is 10.0 Å². The first kappa shape index (κ1) is 28.0. The van der Waals surface area contributed by atoms with Gasteiger partial charge in [0.2, 0.25) is 11.8 Å². The molecule has 0 fully saturated rings. The van der Waals surface area contributed by atoms with Gasteiger partial charge in [0.05, 0.1) is 16.2 Å². The van der Waals surface area contributed by atoms with Crippen LogP contribution in [0.25, 0.3) is 22.0 Å². The van der Waals surface area contributed by atoms with Crippen molar-refractivity contribution in [3.8, 4) is 17.1 Å². The molecular formula is C29H32N4O5S. The molecule has 0 saturated heterocycles. The van der Waals surface area contributed by atoms with Crippen molar-refractivity contribution in [1.29, 1.82) is 0 Å². The highest BCUT2D eigenvalue weighted by atomic mass is 32.2. The molecule has 4 rings (SSSR count). The summed E-state index contributed by atoms with van der Waals surface area (Å²) in [4.78, 5) is 20.0. The first-order valence-electron chi connectivity index (χ1n) is 12.4. The van der Waals surface area contributed by atoms with Crippen LogP contribution in [0.2, 0.25) is 0 Å². The molecule has 1 aromatic heterocycles. The Hall–Kier alpha value is -4.02. The number of hydrogen-bond acceptors (Lipinski definition) is 7. The van der Waals surface area contributed by atoms with Crippen LogP contribution in [0, 0.1) is 12.3 Å². The van der Waals surface area contributed by atoms with Crippen LogP contribution in [0.4, 0.5) is 5.95 Å². The minimum atomic E-state index is -4.21. The van der Waals surface area contributed by atoms with Crippen molar-refractivity contribution in [3.05, 3.63) is 77.9 Å². The van der Waals surface area contributed by atoms with Gasteiger partial charge in [-0.05, 0) is 53.3 Å². The maximum Gasteiger partial charge on any atom is 0.335 e. The third kappa shape index (κ3) is 6.90. The van der Waals surface area contributed by atoms with E-state index in [-0.39, 0.29) is 40.4 Å². The molecule has 1 unspecified atom stereocenters. The minimum Gasteiger partial charge on any atom is -0.478 e. The maximum absolute atomic E-state index is 13.2. The van der Waals surface area contributed by atoms with Crippen molar-refractivity contribution in [1.82, 2.24) is 9.97 Å². The number of aromatic nitrogens is 2. The number of nitrogens with one attached hydrogen (secondary N) is 1. The molecular weight excluding hydrogens is 516 g/mol. The van der Waals surface area contributed by atoms with Gasteiger partial charge in [-0.25, -0.2) is 22.9 Å². The number of aromatic carboxylic acids is 1. The van der Waals surface area contributed by atoms with Gasteiger partial charge in [-0.2, -0.15) is 4.98 Å². The van der Waals surface area contributed by atoms with Gasteiger partial charge in [0.15, 0.2) is 0 Å². The average molecular weight is 549 g/mol. The zero-order valence-corrected chi connectivity index (χ0v) is 23.1. The summed E-state index contributed by atoms with van der Waals surface area (Å²) in [7, 11) is -4.21. The standard InChI is InChI=1S/C29H32N4O5S/c1-18-12-13-19-8-5-6-11-23(19)26(18)24-15-25(38-17-21(30)16-29(2,3)4)32-28(31-24)33-39(36,37)22-10-7-9-20(14-22)27(34)35/h5-15,21H,16-17,30H2,1-4H3,(H,34,35)(H,31,32,33). The quantitative estimate of drug-likeness (QED) is 0.257. The second-order valence-corrected chi connectivity index (χ2v) is 12.4. The van der Waals surface area contributed by atoms with E-state index in [2.05, 4.69) is 35.5 Å². The largest absolute Gasteiger partial charge is 0.478 e. The highest BCUT2D eigenvalue weighted by molar-refractivity contribution is 7.92. The molecule has 0 bridgehead atoms. The van der Waals surface area contributed by atoms with E-state index in [0.717, 1.165) is 28.0 Å². The number of sulfonamides is 1. The van der Waals surface area contributed by atoms with Crippen molar-refractivity contribution >= 4 is 32.7 Å². The number of fused-ring (bicyclic) bond motifs is 1. The predicted molar refractivity (Wildman–Crippen MR) is 151 cm³/mol. The summed E-state index contributed by atoms with van der Waals surface area (Å²) in [6.07, 6.45) is 0.715. The van der Waals surface area contributed by atoms with E-state index in [1.807, 2.05) is 43.3 Å². The third-order valence-electron chi connectivity index (χ3n) is 6.03. The van der Waals surface area contributed by atoms with Gasteiger partial charge in [-0.3, -0.25) is 0 Å². The molecule has 4 N–H and O–H groups in total. The summed E-state index contributed by atoms with van der Waals surface area (Å²) in [6, 6.07) is 18.3. The topological polar surface area (TPSA) is 144 Å². The molecule has 0 radical (unpaired) electrons. The number of carboxylic acids is 1. The lowest BCUT2D eigenvalue weighted by atomic mass is 9.89. The number of benzene rings is 3. The Morgan fingerprint density at radius 1 is 1.05 bits per heavy atom. The van der Waals surface area contributed by atoms with Gasteiger partial charge >= 0.3 is 5.97 Å². The number of aryl methyl sites for hydroxylation is 1. The monoisotopic (exact) mass is 548 g/mol. The molecule has 0 aliphatic heterocycles. The summed E-state index contributed by atoms with van der Waals surface area (Å²) in [5, 5.41) is 11.2. The smallest absolute Gasteiger partial charge is 0.335 e. The van der Waals surface area contributed by atoms with Gasteiger partial charge in [-0.15, -0.1) is 0 Å². The highest BCUT2D eigenvalue weighted by Crippen LogP contribution is 2.33. The van der Waals surface area contributed by atoms with Crippen LogP contribution < -0.4 is 15.2 Å². The van der Waals surface area contributed by atoms with Gasteiger partial charge < -0.3 is 15.6 Å². The number of carboxylic acid groups (broad SMARTS) is 1. The third-order valence-corrected chi connectivity index (χ3v) is 7.36. The first-order chi connectivity index (χ1) is 18.3.